The van der Waals surface area contributed by atoms with Gasteiger partial charge in [0.25, 0.3) is 0 Å². The van der Waals surface area contributed by atoms with Crippen LogP contribution in [0, 0.1) is 11.7 Å². The average Bonchev–Trinajstić information content (AvgIpc) is 3.23. The summed E-state index contributed by atoms with van der Waals surface area (Å²) < 4.78 is 15.8. The third kappa shape index (κ3) is 2.35. The third-order valence-electron chi connectivity index (χ3n) is 5.45. The molecule has 1 aliphatic carbocycles. The molecule has 3 aromatic rings. The van der Waals surface area contributed by atoms with Crippen LogP contribution in [0.1, 0.15) is 24.2 Å². The van der Waals surface area contributed by atoms with Crippen LogP contribution in [0.25, 0.3) is 17.0 Å². The summed E-state index contributed by atoms with van der Waals surface area (Å²) in [5.74, 6) is 1.32. The van der Waals surface area contributed by atoms with Gasteiger partial charge in [-0.1, -0.05) is 42.5 Å². The van der Waals surface area contributed by atoms with Crippen molar-refractivity contribution in [1.29, 1.82) is 0 Å². The van der Waals surface area contributed by atoms with E-state index in [1.165, 1.54) is 23.3 Å². The lowest BCUT2D eigenvalue weighted by molar-refractivity contribution is 0.600. The summed E-state index contributed by atoms with van der Waals surface area (Å²) in [5.41, 5.74) is 7.11. The van der Waals surface area contributed by atoms with Gasteiger partial charge in [0.1, 0.15) is 11.6 Å². The van der Waals surface area contributed by atoms with Crippen molar-refractivity contribution < 1.29 is 4.39 Å². The summed E-state index contributed by atoms with van der Waals surface area (Å²) >= 11 is 0. The molecule has 1 atom stereocenters. The number of fused-ring (bicyclic) bond motifs is 2. The van der Waals surface area contributed by atoms with Crippen molar-refractivity contribution in [2.75, 3.05) is 0 Å². The molecular weight excluding hydrogens is 323 g/mol. The van der Waals surface area contributed by atoms with E-state index in [0.29, 0.717) is 5.92 Å². The van der Waals surface area contributed by atoms with Crippen LogP contribution in [0.3, 0.4) is 0 Å². The molecule has 2 aliphatic rings. The molecule has 128 valence electrons. The fourth-order valence-corrected chi connectivity index (χ4v) is 4.31. The molecule has 1 fully saturated rings. The van der Waals surface area contributed by atoms with Crippen molar-refractivity contribution in [3.05, 3.63) is 95.7 Å². The zero-order valence-corrected chi connectivity index (χ0v) is 14.5. The Hall–Kier alpha value is -2.94. The van der Waals surface area contributed by atoms with Gasteiger partial charge in [0.2, 0.25) is 0 Å². The lowest BCUT2D eigenvalue weighted by Crippen LogP contribution is -2.19. The average molecular weight is 342 g/mol. The second-order valence-electron chi connectivity index (χ2n) is 7.17. The Balaban J connectivity index is 1.77. The van der Waals surface area contributed by atoms with Crippen molar-refractivity contribution in [3.63, 3.8) is 0 Å². The lowest BCUT2D eigenvalue weighted by atomic mass is 9.90. The van der Waals surface area contributed by atoms with E-state index >= 15 is 0 Å². The highest BCUT2D eigenvalue weighted by molar-refractivity contribution is 5.77. The van der Waals surface area contributed by atoms with Crippen LogP contribution in [-0.4, -0.2) is 9.55 Å². The van der Waals surface area contributed by atoms with Gasteiger partial charge in [-0.15, -0.1) is 0 Å². The first-order valence-electron chi connectivity index (χ1n) is 8.99. The Morgan fingerprint density at radius 3 is 2.50 bits per heavy atom. The highest BCUT2D eigenvalue weighted by Crippen LogP contribution is 2.46. The molecule has 26 heavy (non-hydrogen) atoms. The van der Waals surface area contributed by atoms with Crippen molar-refractivity contribution in [2.24, 2.45) is 5.92 Å². The van der Waals surface area contributed by atoms with Gasteiger partial charge in [0.15, 0.2) is 0 Å². The quantitative estimate of drug-likeness (QED) is 0.565. The van der Waals surface area contributed by atoms with E-state index in [9.17, 15) is 4.39 Å². The molecule has 0 N–H and O–H groups in total. The maximum atomic E-state index is 13.5. The minimum atomic E-state index is -0.211. The molecular formula is C23H19FN2. The molecule has 5 rings (SSSR count). The van der Waals surface area contributed by atoms with E-state index in [1.54, 1.807) is 0 Å². The first-order chi connectivity index (χ1) is 12.7. The van der Waals surface area contributed by atoms with E-state index in [2.05, 4.69) is 23.3 Å². The second kappa shape index (κ2) is 5.80. The van der Waals surface area contributed by atoms with Crippen molar-refractivity contribution >= 4 is 5.70 Å². The molecule has 1 saturated carbocycles. The van der Waals surface area contributed by atoms with Gasteiger partial charge in [-0.25, -0.2) is 9.37 Å². The number of imidazole rings is 1. The monoisotopic (exact) mass is 342 g/mol. The number of rotatable bonds is 2. The molecule has 2 aromatic carbocycles. The Morgan fingerprint density at radius 2 is 1.73 bits per heavy atom. The molecule has 1 unspecified atom stereocenters. The summed E-state index contributed by atoms with van der Waals surface area (Å²) in [6.07, 6.45) is 4.84. The summed E-state index contributed by atoms with van der Waals surface area (Å²) in [7, 11) is 0. The Bertz CT molecular complexity index is 1030. The predicted molar refractivity (Wildman–Crippen MR) is 102 cm³/mol. The number of nitrogens with zero attached hydrogens (tertiary/aromatic N) is 2. The van der Waals surface area contributed by atoms with Gasteiger partial charge in [-0.3, -0.25) is 4.57 Å². The molecule has 0 saturated heterocycles. The highest BCUT2D eigenvalue weighted by atomic mass is 19.1. The Kier molecular flexibility index (Phi) is 3.42. The lowest BCUT2D eigenvalue weighted by Gasteiger charge is -2.27. The SMILES string of the molecule is C=C1CC2=C(c3ccc(F)cc3)n3c(-c4ccccc4)cnc3CC2C1. The predicted octanol–water partition coefficient (Wildman–Crippen LogP) is 5.47. The molecule has 0 spiro atoms. The van der Waals surface area contributed by atoms with Gasteiger partial charge in [-0.05, 0) is 54.2 Å². The molecule has 0 amide bonds. The zero-order valence-electron chi connectivity index (χ0n) is 14.5. The smallest absolute Gasteiger partial charge is 0.123 e. The van der Waals surface area contributed by atoms with Gasteiger partial charge in [-0.2, -0.15) is 0 Å². The molecule has 1 aromatic heterocycles. The van der Waals surface area contributed by atoms with Crippen LogP contribution in [0.2, 0.25) is 0 Å². The Morgan fingerprint density at radius 1 is 0.962 bits per heavy atom. The molecule has 1 aliphatic heterocycles. The van der Waals surface area contributed by atoms with Crippen molar-refractivity contribution in [2.45, 2.75) is 19.3 Å². The molecule has 0 radical (unpaired) electrons. The number of benzene rings is 2. The van der Waals surface area contributed by atoms with Crippen molar-refractivity contribution in [1.82, 2.24) is 9.55 Å². The fourth-order valence-electron chi connectivity index (χ4n) is 4.31. The van der Waals surface area contributed by atoms with Crippen molar-refractivity contribution in [3.8, 4) is 11.3 Å². The van der Waals surface area contributed by atoms with Gasteiger partial charge >= 0.3 is 0 Å². The molecule has 2 nitrogen and oxygen atoms in total. The molecule has 3 heteroatoms. The number of halogens is 1. The largest absolute Gasteiger partial charge is 0.296 e. The van der Waals surface area contributed by atoms with Crippen LogP contribution in [0.15, 0.2) is 78.5 Å². The second-order valence-corrected chi connectivity index (χ2v) is 7.17. The summed E-state index contributed by atoms with van der Waals surface area (Å²) in [6.45, 7) is 4.22. The van der Waals surface area contributed by atoms with Gasteiger partial charge in [0.05, 0.1) is 17.6 Å². The van der Waals surface area contributed by atoms with Gasteiger partial charge in [0, 0.05) is 12.0 Å². The van der Waals surface area contributed by atoms with Crippen LogP contribution in [0.4, 0.5) is 4.39 Å². The normalized spacial score (nSPS) is 18.8. The summed E-state index contributed by atoms with van der Waals surface area (Å²) in [5, 5.41) is 0. The van der Waals surface area contributed by atoms with Gasteiger partial charge < -0.3 is 0 Å². The van der Waals surface area contributed by atoms with E-state index in [-0.39, 0.29) is 5.82 Å². The minimum absolute atomic E-state index is 0.211. The van der Waals surface area contributed by atoms with Crippen LogP contribution < -0.4 is 0 Å². The maximum Gasteiger partial charge on any atom is 0.123 e. The standard InChI is InChI=1S/C23H19FN2/c1-15-11-18-13-22-25-14-21(16-5-3-2-4-6-16)26(22)23(20(18)12-15)17-7-9-19(24)10-8-17/h2-10,14,18H,1,11-13H2. The minimum Gasteiger partial charge on any atom is -0.296 e. The number of allylic oxidation sites excluding steroid dienone is 2. The van der Waals surface area contributed by atoms with E-state index in [4.69, 9.17) is 4.98 Å². The maximum absolute atomic E-state index is 13.5. The fraction of sp³-hybridized carbons (Fsp3) is 0.174. The summed E-state index contributed by atoms with van der Waals surface area (Å²) in [6, 6.07) is 17.1. The third-order valence-corrected chi connectivity index (χ3v) is 5.45. The molecule has 2 heterocycles. The number of aromatic nitrogens is 2. The highest BCUT2D eigenvalue weighted by Gasteiger charge is 2.34. The van der Waals surface area contributed by atoms with E-state index in [1.807, 2.05) is 36.5 Å². The topological polar surface area (TPSA) is 17.8 Å². The van der Waals surface area contributed by atoms with E-state index < -0.39 is 0 Å². The number of hydrogen-bond acceptors (Lipinski definition) is 1. The zero-order chi connectivity index (χ0) is 17.7. The first kappa shape index (κ1) is 15.3. The van der Waals surface area contributed by atoms with E-state index in [0.717, 1.165) is 47.6 Å². The Labute approximate surface area is 152 Å². The van der Waals surface area contributed by atoms with Crippen LogP contribution in [-0.2, 0) is 6.42 Å². The number of hydrogen-bond donors (Lipinski definition) is 0. The van der Waals surface area contributed by atoms with Crippen LogP contribution in [0.5, 0.6) is 0 Å². The summed E-state index contributed by atoms with van der Waals surface area (Å²) in [4.78, 5) is 4.74. The molecule has 0 bridgehead atoms. The van der Waals surface area contributed by atoms with Crippen LogP contribution >= 0.6 is 0 Å². The first-order valence-corrected chi connectivity index (χ1v) is 8.99.